The molecule has 0 radical (unpaired) electrons. The number of hydrogen-bond donors (Lipinski definition) is 2. The molecule has 4 nitrogen and oxygen atoms in total. The average molecular weight is 228 g/mol. The van der Waals surface area contributed by atoms with Crippen molar-refractivity contribution in [2.45, 2.75) is 45.2 Å². The quantitative estimate of drug-likeness (QED) is 0.752. The highest BCUT2D eigenvalue weighted by Crippen LogP contribution is 2.19. The highest BCUT2D eigenvalue weighted by molar-refractivity contribution is 5.85. The number of amides is 1. The molecule has 1 heterocycles. The van der Waals surface area contributed by atoms with Crippen LogP contribution in [0.5, 0.6) is 0 Å². The van der Waals surface area contributed by atoms with E-state index in [1.54, 1.807) is 7.05 Å². The Bertz CT molecular complexity index is 235. The molecule has 0 spiro atoms. The van der Waals surface area contributed by atoms with Crippen LogP contribution in [0.4, 0.5) is 0 Å². The summed E-state index contributed by atoms with van der Waals surface area (Å²) in [4.78, 5) is 11.9. The topological polar surface area (TPSA) is 50.4 Å². The van der Waals surface area contributed by atoms with Gasteiger partial charge in [-0.15, -0.1) is 0 Å². The van der Waals surface area contributed by atoms with Gasteiger partial charge in [0.05, 0.1) is 5.54 Å². The molecule has 1 aliphatic heterocycles. The summed E-state index contributed by atoms with van der Waals surface area (Å²) in [5, 5.41) is 6.10. The summed E-state index contributed by atoms with van der Waals surface area (Å²) in [6.45, 7) is 7.50. The van der Waals surface area contributed by atoms with Crippen molar-refractivity contribution in [3.8, 4) is 0 Å². The van der Waals surface area contributed by atoms with Crippen LogP contribution in [0.15, 0.2) is 0 Å². The van der Waals surface area contributed by atoms with Gasteiger partial charge in [-0.25, -0.2) is 0 Å². The second-order valence-corrected chi connectivity index (χ2v) is 5.09. The second kappa shape index (κ2) is 5.64. The number of carbonyl (C=O) groups is 1. The van der Waals surface area contributed by atoms with Crippen molar-refractivity contribution in [3.05, 3.63) is 0 Å². The van der Waals surface area contributed by atoms with E-state index in [9.17, 15) is 4.79 Å². The molecule has 1 fully saturated rings. The lowest BCUT2D eigenvalue weighted by molar-refractivity contribution is -0.127. The van der Waals surface area contributed by atoms with Crippen molar-refractivity contribution in [1.82, 2.24) is 10.6 Å². The zero-order chi connectivity index (χ0) is 12.2. The maximum absolute atomic E-state index is 11.9. The first kappa shape index (κ1) is 13.5. The fraction of sp³-hybridized carbons (Fsp3) is 0.917. The first-order valence-electron chi connectivity index (χ1n) is 6.05. The van der Waals surface area contributed by atoms with Crippen molar-refractivity contribution in [3.63, 3.8) is 0 Å². The zero-order valence-electron chi connectivity index (χ0n) is 10.8. The minimum atomic E-state index is -0.501. The first-order valence-corrected chi connectivity index (χ1v) is 6.05. The molecular formula is C12H24N2O2. The summed E-state index contributed by atoms with van der Waals surface area (Å²) in [5.41, 5.74) is -0.501. The van der Waals surface area contributed by atoms with Gasteiger partial charge in [0, 0.05) is 19.3 Å². The van der Waals surface area contributed by atoms with Crippen LogP contribution < -0.4 is 10.6 Å². The Labute approximate surface area is 98.1 Å². The average Bonchev–Trinajstić information content (AvgIpc) is 2.30. The fourth-order valence-electron chi connectivity index (χ4n) is 1.83. The van der Waals surface area contributed by atoms with Crippen LogP contribution in [-0.2, 0) is 9.53 Å². The van der Waals surface area contributed by atoms with Crippen molar-refractivity contribution in [1.29, 1.82) is 0 Å². The molecule has 0 aromatic carbocycles. The molecule has 2 N–H and O–H groups in total. The van der Waals surface area contributed by atoms with Crippen molar-refractivity contribution >= 4 is 5.91 Å². The number of rotatable bonds is 4. The van der Waals surface area contributed by atoms with E-state index in [-0.39, 0.29) is 11.9 Å². The molecule has 0 saturated carbocycles. The van der Waals surface area contributed by atoms with Crippen molar-refractivity contribution in [2.75, 3.05) is 20.3 Å². The lowest BCUT2D eigenvalue weighted by Crippen LogP contribution is -2.54. The zero-order valence-corrected chi connectivity index (χ0v) is 10.8. The molecule has 0 aliphatic carbocycles. The van der Waals surface area contributed by atoms with Gasteiger partial charge in [0.1, 0.15) is 0 Å². The molecule has 1 amide bonds. The fourth-order valence-corrected chi connectivity index (χ4v) is 1.83. The van der Waals surface area contributed by atoms with E-state index in [0.29, 0.717) is 5.92 Å². The minimum absolute atomic E-state index is 0.0639. The van der Waals surface area contributed by atoms with E-state index in [1.807, 2.05) is 13.8 Å². The predicted molar refractivity (Wildman–Crippen MR) is 64.3 cm³/mol. The number of ether oxygens (including phenoxy) is 1. The number of nitrogens with one attached hydrogen (secondary N) is 2. The maximum atomic E-state index is 11.9. The normalized spacial score (nSPS) is 20.5. The third kappa shape index (κ3) is 3.46. The van der Waals surface area contributed by atoms with E-state index >= 15 is 0 Å². The Kier molecular flexibility index (Phi) is 4.74. The molecule has 94 valence electrons. The Morgan fingerprint density at radius 3 is 2.44 bits per heavy atom. The summed E-state index contributed by atoms with van der Waals surface area (Å²) >= 11 is 0. The standard InChI is InChI=1S/C12H24N2O2/c1-9(10-5-7-16-8-6-10)14-11(15)12(2,3)13-4/h9-10,13H,5-8H2,1-4H3,(H,14,15). The van der Waals surface area contributed by atoms with Crippen LogP contribution in [0, 0.1) is 5.92 Å². The van der Waals surface area contributed by atoms with Gasteiger partial charge in [-0.1, -0.05) is 0 Å². The van der Waals surface area contributed by atoms with Crippen molar-refractivity contribution in [2.24, 2.45) is 5.92 Å². The number of hydrogen-bond acceptors (Lipinski definition) is 3. The van der Waals surface area contributed by atoms with Gasteiger partial charge in [0.15, 0.2) is 0 Å². The summed E-state index contributed by atoms with van der Waals surface area (Å²) < 4.78 is 5.32. The third-order valence-corrected chi connectivity index (χ3v) is 3.52. The van der Waals surface area contributed by atoms with Gasteiger partial charge in [-0.05, 0) is 46.6 Å². The highest BCUT2D eigenvalue weighted by atomic mass is 16.5. The lowest BCUT2D eigenvalue weighted by atomic mass is 9.92. The first-order chi connectivity index (χ1) is 7.47. The molecule has 0 aromatic rings. The van der Waals surface area contributed by atoms with E-state index in [0.717, 1.165) is 26.1 Å². The SMILES string of the molecule is CNC(C)(C)C(=O)NC(C)C1CCOCC1. The summed E-state index contributed by atoms with van der Waals surface area (Å²) in [6, 6.07) is 0.226. The summed E-state index contributed by atoms with van der Waals surface area (Å²) in [6.07, 6.45) is 2.09. The largest absolute Gasteiger partial charge is 0.381 e. The van der Waals surface area contributed by atoms with Crippen LogP contribution >= 0.6 is 0 Å². The molecule has 16 heavy (non-hydrogen) atoms. The monoisotopic (exact) mass is 228 g/mol. The molecule has 1 saturated heterocycles. The summed E-state index contributed by atoms with van der Waals surface area (Å²) in [5.74, 6) is 0.611. The molecule has 1 unspecified atom stereocenters. The molecule has 0 aromatic heterocycles. The van der Waals surface area contributed by atoms with Crippen LogP contribution in [0.3, 0.4) is 0 Å². The smallest absolute Gasteiger partial charge is 0.239 e. The Morgan fingerprint density at radius 2 is 1.94 bits per heavy atom. The molecule has 1 aliphatic rings. The Hall–Kier alpha value is -0.610. The van der Waals surface area contributed by atoms with Gasteiger partial charge in [-0.2, -0.15) is 0 Å². The van der Waals surface area contributed by atoms with E-state index in [2.05, 4.69) is 17.6 Å². The molecular weight excluding hydrogens is 204 g/mol. The molecule has 4 heteroatoms. The second-order valence-electron chi connectivity index (χ2n) is 5.09. The number of carbonyl (C=O) groups excluding carboxylic acids is 1. The van der Waals surface area contributed by atoms with E-state index in [1.165, 1.54) is 0 Å². The van der Waals surface area contributed by atoms with Crippen LogP contribution in [0.25, 0.3) is 0 Å². The van der Waals surface area contributed by atoms with Gasteiger partial charge in [-0.3, -0.25) is 4.79 Å². The molecule has 1 atom stereocenters. The summed E-state index contributed by atoms with van der Waals surface area (Å²) in [7, 11) is 1.80. The van der Waals surface area contributed by atoms with Gasteiger partial charge in [0.2, 0.25) is 5.91 Å². The van der Waals surface area contributed by atoms with E-state index < -0.39 is 5.54 Å². The minimum Gasteiger partial charge on any atom is -0.381 e. The molecule has 0 bridgehead atoms. The maximum Gasteiger partial charge on any atom is 0.239 e. The molecule has 1 rings (SSSR count). The van der Waals surface area contributed by atoms with Crippen LogP contribution in [0.1, 0.15) is 33.6 Å². The Balaban J connectivity index is 2.43. The highest BCUT2D eigenvalue weighted by Gasteiger charge is 2.29. The lowest BCUT2D eigenvalue weighted by Gasteiger charge is -2.31. The van der Waals surface area contributed by atoms with Gasteiger partial charge < -0.3 is 15.4 Å². The van der Waals surface area contributed by atoms with Gasteiger partial charge in [0.25, 0.3) is 0 Å². The predicted octanol–water partition coefficient (Wildman–Crippen LogP) is 0.916. The van der Waals surface area contributed by atoms with Crippen molar-refractivity contribution < 1.29 is 9.53 Å². The van der Waals surface area contributed by atoms with Crippen LogP contribution in [-0.4, -0.2) is 37.7 Å². The van der Waals surface area contributed by atoms with E-state index in [4.69, 9.17) is 4.74 Å². The number of likely N-dealkylation sites (N-methyl/N-ethyl adjacent to an activating group) is 1. The third-order valence-electron chi connectivity index (χ3n) is 3.52. The van der Waals surface area contributed by atoms with Crippen LogP contribution in [0.2, 0.25) is 0 Å². The van der Waals surface area contributed by atoms with Gasteiger partial charge >= 0.3 is 0 Å². The Morgan fingerprint density at radius 1 is 1.38 bits per heavy atom.